The number of benzene rings is 1. The topological polar surface area (TPSA) is 83.5 Å². The van der Waals surface area contributed by atoms with Crippen molar-refractivity contribution in [3.63, 3.8) is 0 Å². The van der Waals surface area contributed by atoms with Crippen LogP contribution in [0.15, 0.2) is 30.3 Å². The van der Waals surface area contributed by atoms with E-state index in [2.05, 4.69) is 27.7 Å². The molecule has 2 aliphatic heterocycles. The van der Waals surface area contributed by atoms with Crippen molar-refractivity contribution in [3.8, 4) is 0 Å². The standard InChI is InChI=1S/C27H42O7/c1-7-21-17(4)16(3)18(5)27(32-21)34-25-22(8-2)33-26(19(6)24(25)30-15-23(28)29)31-14-20-12-10-9-11-13-20/h9-13,16-19,21-22,24-27H,7-8,14-15H2,1-6H3,(H,28,29)/t16-,17+,18?,19?,21?,22?,24+,25-,26+,27-/m0/s1. The van der Waals surface area contributed by atoms with Crippen molar-refractivity contribution in [2.75, 3.05) is 6.61 Å². The summed E-state index contributed by atoms with van der Waals surface area (Å²) >= 11 is 0. The molecular weight excluding hydrogens is 436 g/mol. The second-order valence-electron chi connectivity index (χ2n) is 9.91. The highest BCUT2D eigenvalue weighted by molar-refractivity contribution is 5.68. The first kappa shape index (κ1) is 27.1. The SMILES string of the molecule is CCC1O[C@@H](O[C@H]2C(CC)O[C@@H](OCc3ccccc3)C(C)[C@H]2OCC(=O)O)C(C)[C@@H](C)[C@H]1C. The number of aliphatic carboxylic acids is 1. The molecule has 1 aromatic rings. The summed E-state index contributed by atoms with van der Waals surface area (Å²) in [6.07, 6.45) is -0.469. The summed E-state index contributed by atoms with van der Waals surface area (Å²) in [4.78, 5) is 11.3. The minimum absolute atomic E-state index is 0.124. The first-order valence-electron chi connectivity index (χ1n) is 12.7. The van der Waals surface area contributed by atoms with E-state index in [4.69, 9.17) is 23.7 Å². The lowest BCUT2D eigenvalue weighted by Gasteiger charge is -2.49. The summed E-state index contributed by atoms with van der Waals surface area (Å²) in [6, 6.07) is 9.91. The van der Waals surface area contributed by atoms with Crippen LogP contribution in [-0.2, 0) is 35.1 Å². The van der Waals surface area contributed by atoms with Gasteiger partial charge in [0.05, 0.1) is 24.9 Å². The summed E-state index contributed by atoms with van der Waals surface area (Å²) in [5.41, 5.74) is 1.05. The molecule has 1 N–H and O–H groups in total. The monoisotopic (exact) mass is 478 g/mol. The lowest BCUT2D eigenvalue weighted by atomic mass is 9.78. The second-order valence-corrected chi connectivity index (χ2v) is 9.91. The molecule has 34 heavy (non-hydrogen) atoms. The highest BCUT2D eigenvalue weighted by Crippen LogP contribution is 2.40. The molecule has 192 valence electrons. The van der Waals surface area contributed by atoms with Crippen LogP contribution in [0.1, 0.15) is 59.9 Å². The Hall–Kier alpha value is -1.51. The van der Waals surface area contributed by atoms with E-state index in [1.165, 1.54) is 0 Å². The van der Waals surface area contributed by atoms with Gasteiger partial charge in [-0.1, -0.05) is 71.9 Å². The molecule has 0 aromatic heterocycles. The van der Waals surface area contributed by atoms with Crippen LogP contribution in [-0.4, -0.2) is 54.7 Å². The van der Waals surface area contributed by atoms with Crippen molar-refractivity contribution in [1.29, 1.82) is 0 Å². The Morgan fingerprint density at radius 3 is 2.09 bits per heavy atom. The van der Waals surface area contributed by atoms with E-state index in [0.717, 1.165) is 12.0 Å². The first-order valence-corrected chi connectivity index (χ1v) is 12.7. The van der Waals surface area contributed by atoms with Gasteiger partial charge in [0.15, 0.2) is 12.6 Å². The summed E-state index contributed by atoms with van der Waals surface area (Å²) in [5, 5.41) is 9.30. The quantitative estimate of drug-likeness (QED) is 0.513. The predicted molar refractivity (Wildman–Crippen MR) is 128 cm³/mol. The molecule has 0 spiro atoms. The van der Waals surface area contributed by atoms with Crippen LogP contribution in [0.2, 0.25) is 0 Å². The maximum absolute atomic E-state index is 11.3. The average molecular weight is 479 g/mol. The summed E-state index contributed by atoms with van der Waals surface area (Å²) < 4.78 is 31.4. The molecule has 0 bridgehead atoms. The zero-order valence-electron chi connectivity index (χ0n) is 21.4. The maximum Gasteiger partial charge on any atom is 0.329 e. The van der Waals surface area contributed by atoms with E-state index in [-0.39, 0.29) is 24.0 Å². The fourth-order valence-corrected chi connectivity index (χ4v) is 5.15. The third-order valence-corrected chi connectivity index (χ3v) is 7.68. The van der Waals surface area contributed by atoms with Crippen molar-refractivity contribution in [3.05, 3.63) is 35.9 Å². The van der Waals surface area contributed by atoms with Crippen LogP contribution < -0.4 is 0 Å². The van der Waals surface area contributed by atoms with Gasteiger partial charge in [-0.3, -0.25) is 0 Å². The fraction of sp³-hybridized carbons (Fsp3) is 0.741. The number of carboxylic acids is 1. The molecule has 3 rings (SSSR count). The van der Waals surface area contributed by atoms with Crippen LogP contribution in [0, 0.1) is 23.7 Å². The highest BCUT2D eigenvalue weighted by Gasteiger charge is 2.48. The minimum Gasteiger partial charge on any atom is -0.480 e. The van der Waals surface area contributed by atoms with Crippen molar-refractivity contribution in [2.24, 2.45) is 23.7 Å². The summed E-state index contributed by atoms with van der Waals surface area (Å²) in [7, 11) is 0. The Morgan fingerprint density at radius 2 is 1.47 bits per heavy atom. The average Bonchev–Trinajstić information content (AvgIpc) is 2.83. The van der Waals surface area contributed by atoms with Gasteiger partial charge in [0.25, 0.3) is 0 Å². The van der Waals surface area contributed by atoms with Gasteiger partial charge in [-0.25, -0.2) is 4.79 Å². The van der Waals surface area contributed by atoms with Gasteiger partial charge in [0.1, 0.15) is 12.7 Å². The minimum atomic E-state index is -1.01. The van der Waals surface area contributed by atoms with E-state index in [9.17, 15) is 9.90 Å². The largest absolute Gasteiger partial charge is 0.480 e. The highest BCUT2D eigenvalue weighted by atomic mass is 16.7. The molecule has 2 fully saturated rings. The van der Waals surface area contributed by atoms with Crippen LogP contribution >= 0.6 is 0 Å². The van der Waals surface area contributed by atoms with Crippen molar-refractivity contribution >= 4 is 5.97 Å². The molecule has 2 aliphatic rings. The Labute approximate surface area is 204 Å². The fourth-order valence-electron chi connectivity index (χ4n) is 5.15. The van der Waals surface area contributed by atoms with Gasteiger partial charge in [0, 0.05) is 11.8 Å². The van der Waals surface area contributed by atoms with E-state index >= 15 is 0 Å². The number of carboxylic acid groups (broad SMARTS) is 1. The first-order chi connectivity index (χ1) is 16.3. The Balaban J connectivity index is 1.77. The van der Waals surface area contributed by atoms with Gasteiger partial charge in [-0.15, -0.1) is 0 Å². The number of ether oxygens (including phenoxy) is 5. The Bertz CT molecular complexity index is 755. The summed E-state index contributed by atoms with van der Waals surface area (Å²) in [5.74, 6) is -0.168. The van der Waals surface area contributed by atoms with Gasteiger partial charge >= 0.3 is 5.97 Å². The van der Waals surface area contributed by atoms with Crippen LogP contribution in [0.4, 0.5) is 0 Å². The zero-order valence-corrected chi connectivity index (χ0v) is 21.4. The van der Waals surface area contributed by atoms with Crippen LogP contribution in [0.5, 0.6) is 0 Å². The predicted octanol–water partition coefficient (Wildman–Crippen LogP) is 4.87. The number of hydrogen-bond acceptors (Lipinski definition) is 6. The molecule has 10 atom stereocenters. The molecule has 2 saturated heterocycles. The Kier molecular flexibility index (Phi) is 9.92. The molecule has 0 amide bonds. The molecular formula is C27H42O7. The van der Waals surface area contributed by atoms with Crippen LogP contribution in [0.25, 0.3) is 0 Å². The van der Waals surface area contributed by atoms with Crippen molar-refractivity contribution in [2.45, 2.75) is 98.0 Å². The smallest absolute Gasteiger partial charge is 0.329 e. The van der Waals surface area contributed by atoms with Crippen molar-refractivity contribution in [1.82, 2.24) is 0 Å². The maximum atomic E-state index is 11.3. The molecule has 1 aromatic carbocycles. The normalized spacial score (nSPS) is 38.5. The lowest BCUT2D eigenvalue weighted by Crippen LogP contribution is -2.59. The Morgan fingerprint density at radius 1 is 0.824 bits per heavy atom. The third kappa shape index (κ3) is 6.38. The molecule has 4 unspecified atom stereocenters. The van der Waals surface area contributed by atoms with E-state index in [1.807, 2.05) is 44.2 Å². The molecule has 7 nitrogen and oxygen atoms in total. The van der Waals surface area contributed by atoms with E-state index in [0.29, 0.717) is 24.9 Å². The van der Waals surface area contributed by atoms with Crippen LogP contribution in [0.3, 0.4) is 0 Å². The number of carbonyl (C=O) groups is 1. The second kappa shape index (κ2) is 12.5. The molecule has 0 radical (unpaired) electrons. The van der Waals surface area contributed by atoms with E-state index < -0.39 is 37.4 Å². The molecule has 0 saturated carbocycles. The van der Waals surface area contributed by atoms with E-state index in [1.54, 1.807) is 0 Å². The third-order valence-electron chi connectivity index (χ3n) is 7.68. The van der Waals surface area contributed by atoms with Gasteiger partial charge in [0.2, 0.25) is 0 Å². The number of rotatable bonds is 10. The van der Waals surface area contributed by atoms with Gasteiger partial charge < -0.3 is 28.8 Å². The zero-order chi connectivity index (χ0) is 24.8. The summed E-state index contributed by atoms with van der Waals surface area (Å²) in [6.45, 7) is 12.8. The molecule has 0 aliphatic carbocycles. The number of hydrogen-bond donors (Lipinski definition) is 1. The molecule has 2 heterocycles. The molecule has 7 heteroatoms. The van der Waals surface area contributed by atoms with Gasteiger partial charge in [-0.05, 0) is 30.2 Å². The van der Waals surface area contributed by atoms with Crippen molar-refractivity contribution < 1.29 is 33.6 Å². The van der Waals surface area contributed by atoms with Gasteiger partial charge in [-0.2, -0.15) is 0 Å². The lowest BCUT2D eigenvalue weighted by molar-refractivity contribution is -0.338.